The molecule has 0 aliphatic heterocycles. The summed E-state index contributed by atoms with van der Waals surface area (Å²) >= 11 is 0. The Morgan fingerprint density at radius 1 is 0.296 bits per heavy atom. The fourth-order valence-electron chi connectivity index (χ4n) is 7.71. The molecule has 10 aromatic rings. The molecule has 0 amide bonds. The van der Waals surface area contributed by atoms with E-state index in [1.807, 2.05) is 6.07 Å². The first-order valence-corrected chi connectivity index (χ1v) is 18.4. The molecule has 1 aromatic heterocycles. The van der Waals surface area contributed by atoms with E-state index in [0.29, 0.717) is 0 Å². The van der Waals surface area contributed by atoms with E-state index in [4.69, 9.17) is 4.42 Å². The normalized spacial score (nSPS) is 11.3. The lowest BCUT2D eigenvalue weighted by molar-refractivity contribution is 0.670. The average Bonchev–Trinajstić information content (AvgIpc) is 3.63. The average molecular weight is 690 g/mol. The fourth-order valence-corrected chi connectivity index (χ4v) is 7.71. The molecule has 2 heteroatoms. The molecule has 2 nitrogen and oxygen atoms in total. The van der Waals surface area contributed by atoms with Gasteiger partial charge in [0.1, 0.15) is 11.2 Å². The first-order chi connectivity index (χ1) is 26.7. The number of hydrogen-bond donors (Lipinski definition) is 0. The van der Waals surface area contributed by atoms with E-state index in [1.165, 1.54) is 38.6 Å². The molecule has 0 N–H and O–H groups in total. The van der Waals surface area contributed by atoms with Crippen LogP contribution in [0.5, 0.6) is 0 Å². The Bertz CT molecular complexity index is 2910. The number of nitrogens with zero attached hydrogens (tertiary/aromatic N) is 1. The summed E-state index contributed by atoms with van der Waals surface area (Å²) in [5, 5.41) is 4.63. The Labute approximate surface area is 314 Å². The van der Waals surface area contributed by atoms with Crippen molar-refractivity contribution in [3.05, 3.63) is 212 Å². The van der Waals surface area contributed by atoms with Gasteiger partial charge in [-0.05, 0) is 110 Å². The minimum absolute atomic E-state index is 0.904. The summed E-state index contributed by atoms with van der Waals surface area (Å²) in [5.41, 5.74) is 14.5. The van der Waals surface area contributed by atoms with Crippen molar-refractivity contribution in [1.82, 2.24) is 0 Å². The maximum absolute atomic E-state index is 6.46. The topological polar surface area (TPSA) is 16.4 Å². The van der Waals surface area contributed by atoms with E-state index in [0.717, 1.165) is 55.7 Å². The monoisotopic (exact) mass is 689 g/mol. The second kappa shape index (κ2) is 13.4. The summed E-state index contributed by atoms with van der Waals surface area (Å²) in [5.74, 6) is 0. The zero-order valence-corrected chi connectivity index (χ0v) is 29.6. The van der Waals surface area contributed by atoms with Gasteiger partial charge < -0.3 is 9.32 Å². The number of para-hydroxylation sites is 1. The van der Waals surface area contributed by atoms with Crippen LogP contribution >= 0.6 is 0 Å². The maximum Gasteiger partial charge on any atom is 0.143 e. The molecule has 10 rings (SSSR count). The molecule has 54 heavy (non-hydrogen) atoms. The summed E-state index contributed by atoms with van der Waals surface area (Å²) < 4.78 is 6.46. The zero-order valence-electron chi connectivity index (χ0n) is 29.6. The largest absolute Gasteiger partial charge is 0.455 e. The zero-order chi connectivity index (χ0) is 35.8. The van der Waals surface area contributed by atoms with E-state index in [1.54, 1.807) is 0 Å². The van der Waals surface area contributed by atoms with Gasteiger partial charge in [0.2, 0.25) is 0 Å². The summed E-state index contributed by atoms with van der Waals surface area (Å²) in [4.78, 5) is 2.36. The highest BCUT2D eigenvalue weighted by Gasteiger charge is 2.17. The molecule has 0 radical (unpaired) electrons. The molecular weight excluding hydrogens is 655 g/mol. The third-order valence-corrected chi connectivity index (χ3v) is 10.4. The smallest absolute Gasteiger partial charge is 0.143 e. The van der Waals surface area contributed by atoms with Crippen LogP contribution in [0.3, 0.4) is 0 Å². The van der Waals surface area contributed by atoms with Crippen molar-refractivity contribution < 1.29 is 4.42 Å². The first-order valence-electron chi connectivity index (χ1n) is 18.4. The third-order valence-electron chi connectivity index (χ3n) is 10.4. The van der Waals surface area contributed by atoms with Gasteiger partial charge in [0.25, 0.3) is 0 Å². The van der Waals surface area contributed by atoms with Gasteiger partial charge in [-0.1, -0.05) is 152 Å². The SMILES string of the molecule is c1ccc(-c2ccc(N(c3cccc(-c4ccccc4)c3)c3ccc4cc(-c5cc(-c6ccccc6)c6oc7ccccc7c6c5)ccc4c3)cc2)cc1. The summed E-state index contributed by atoms with van der Waals surface area (Å²) in [6, 6.07) is 75.9. The van der Waals surface area contributed by atoms with E-state index in [9.17, 15) is 0 Å². The van der Waals surface area contributed by atoms with Gasteiger partial charge in [0.05, 0.1) is 0 Å². The lowest BCUT2D eigenvalue weighted by atomic mass is 9.94. The molecule has 0 aliphatic carbocycles. The molecule has 0 atom stereocenters. The summed E-state index contributed by atoms with van der Waals surface area (Å²) in [7, 11) is 0. The molecule has 0 fully saturated rings. The predicted molar refractivity (Wildman–Crippen MR) is 228 cm³/mol. The minimum Gasteiger partial charge on any atom is -0.455 e. The number of benzene rings is 9. The Balaban J connectivity index is 1.08. The number of hydrogen-bond acceptors (Lipinski definition) is 2. The van der Waals surface area contributed by atoms with Gasteiger partial charge in [0.15, 0.2) is 0 Å². The maximum atomic E-state index is 6.46. The predicted octanol–water partition coefficient (Wildman–Crippen LogP) is 14.9. The van der Waals surface area contributed by atoms with Crippen molar-refractivity contribution >= 4 is 49.8 Å². The van der Waals surface area contributed by atoms with Gasteiger partial charge in [-0.3, -0.25) is 0 Å². The van der Waals surface area contributed by atoms with Crippen LogP contribution in [0.1, 0.15) is 0 Å². The van der Waals surface area contributed by atoms with Crippen molar-refractivity contribution in [2.24, 2.45) is 0 Å². The Kier molecular flexibility index (Phi) is 7.85. The standard InChI is InChI=1S/C52H35NO/c1-4-13-36(14-5-1)38-25-28-45(29-26-38)53(46-20-12-19-40(32-46)37-15-6-2-7-16-37)47-30-27-41-31-42(23-24-43(41)33-47)44-34-49(39-17-8-3-9-18-39)52-50(35-44)48-21-10-11-22-51(48)54-52/h1-35H. The van der Waals surface area contributed by atoms with E-state index in [2.05, 4.69) is 211 Å². The van der Waals surface area contributed by atoms with Gasteiger partial charge >= 0.3 is 0 Å². The van der Waals surface area contributed by atoms with Gasteiger partial charge in [-0.2, -0.15) is 0 Å². The van der Waals surface area contributed by atoms with Crippen LogP contribution < -0.4 is 4.90 Å². The molecule has 254 valence electrons. The van der Waals surface area contributed by atoms with Crippen molar-refractivity contribution in [1.29, 1.82) is 0 Å². The van der Waals surface area contributed by atoms with Gasteiger partial charge in [-0.25, -0.2) is 0 Å². The fraction of sp³-hybridized carbons (Fsp3) is 0. The Hall–Kier alpha value is -7.16. The Morgan fingerprint density at radius 3 is 1.59 bits per heavy atom. The quantitative estimate of drug-likeness (QED) is 0.166. The van der Waals surface area contributed by atoms with Crippen molar-refractivity contribution in [2.75, 3.05) is 4.90 Å². The van der Waals surface area contributed by atoms with E-state index >= 15 is 0 Å². The Morgan fingerprint density at radius 2 is 0.833 bits per heavy atom. The van der Waals surface area contributed by atoms with Gasteiger partial charge in [-0.15, -0.1) is 0 Å². The highest BCUT2D eigenvalue weighted by molar-refractivity contribution is 6.11. The third kappa shape index (κ3) is 5.81. The lowest BCUT2D eigenvalue weighted by Crippen LogP contribution is -2.10. The molecule has 0 aliphatic rings. The molecule has 1 heterocycles. The first kappa shape index (κ1) is 31.6. The molecular formula is C52H35NO. The highest BCUT2D eigenvalue weighted by atomic mass is 16.3. The second-order valence-corrected chi connectivity index (χ2v) is 13.8. The van der Waals surface area contributed by atoms with Crippen LogP contribution in [-0.2, 0) is 0 Å². The van der Waals surface area contributed by atoms with Crippen LogP contribution in [0.2, 0.25) is 0 Å². The van der Waals surface area contributed by atoms with E-state index < -0.39 is 0 Å². The van der Waals surface area contributed by atoms with Crippen LogP contribution in [0, 0.1) is 0 Å². The molecule has 0 saturated heterocycles. The summed E-state index contributed by atoms with van der Waals surface area (Å²) in [6.45, 7) is 0. The number of anilines is 3. The molecule has 0 saturated carbocycles. The number of rotatable bonds is 7. The lowest BCUT2D eigenvalue weighted by Gasteiger charge is -2.26. The van der Waals surface area contributed by atoms with Crippen molar-refractivity contribution in [3.63, 3.8) is 0 Å². The number of furan rings is 1. The van der Waals surface area contributed by atoms with Crippen molar-refractivity contribution in [3.8, 4) is 44.5 Å². The van der Waals surface area contributed by atoms with Crippen molar-refractivity contribution in [2.45, 2.75) is 0 Å². The van der Waals surface area contributed by atoms with E-state index in [-0.39, 0.29) is 0 Å². The number of fused-ring (bicyclic) bond motifs is 4. The van der Waals surface area contributed by atoms with Crippen LogP contribution in [0.4, 0.5) is 17.1 Å². The molecule has 0 unspecified atom stereocenters. The second-order valence-electron chi connectivity index (χ2n) is 13.8. The molecule has 0 spiro atoms. The van der Waals surface area contributed by atoms with Crippen LogP contribution in [0.25, 0.3) is 77.2 Å². The van der Waals surface area contributed by atoms with Crippen LogP contribution in [-0.4, -0.2) is 0 Å². The van der Waals surface area contributed by atoms with Crippen LogP contribution in [0.15, 0.2) is 217 Å². The minimum atomic E-state index is 0.904. The van der Waals surface area contributed by atoms with Gasteiger partial charge in [0, 0.05) is 33.4 Å². The highest BCUT2D eigenvalue weighted by Crippen LogP contribution is 2.42. The summed E-state index contributed by atoms with van der Waals surface area (Å²) in [6.07, 6.45) is 0. The molecule has 9 aromatic carbocycles. The molecule has 0 bridgehead atoms.